The molecule has 3 N–H and O–H groups in total. The minimum Gasteiger partial charge on any atom is -0.509 e. The lowest BCUT2D eigenvalue weighted by atomic mass is 9.66. The Morgan fingerprint density at radius 1 is 0.559 bits per heavy atom. The smallest absolute Gasteiger partial charge is 0.158 e. The number of rotatable bonds is 9. The summed E-state index contributed by atoms with van der Waals surface area (Å²) in [7, 11) is 10.1. The van der Waals surface area contributed by atoms with E-state index in [0.29, 0.717) is 11.4 Å². The van der Waals surface area contributed by atoms with Gasteiger partial charge in [-0.25, -0.2) is 15.0 Å². The Labute approximate surface area is 401 Å². The zero-order chi connectivity index (χ0) is 46.9. The van der Waals surface area contributed by atoms with Crippen molar-refractivity contribution in [1.82, 2.24) is 15.5 Å². The lowest BCUT2D eigenvalue weighted by Crippen LogP contribution is -2.48. The first-order valence-corrected chi connectivity index (χ1v) is 23.0. The van der Waals surface area contributed by atoms with E-state index in [4.69, 9.17) is 15.0 Å². The van der Waals surface area contributed by atoms with Crippen LogP contribution in [0.15, 0.2) is 197 Å². The van der Waals surface area contributed by atoms with E-state index in [-0.39, 0.29) is 11.9 Å². The van der Waals surface area contributed by atoms with Gasteiger partial charge in [-0.3, -0.25) is 5.32 Å². The second-order valence-electron chi connectivity index (χ2n) is 17.5. The number of nitrogens with zero attached hydrogens (tertiary/aromatic N) is 5. The number of hydrogen-bond acceptors (Lipinski definition) is 8. The molecule has 0 aliphatic carbocycles. The summed E-state index contributed by atoms with van der Waals surface area (Å²) in [5.74, 6) is 2.46. The standard InChI is InChI=1S/C56H47B4N7O/c1-67-55(37-18-9-4-10-19-37)65-54(45-46(57)48(59)49(60)50(68)47(45)58)66-56(67)43-23-12-11-22-41(43)42-29-28-40(31-44(42)35-14-5-2-6-15-35)53-63-51(36-16-7-3-8-17-36)62-52(64-53)39-21-13-20-38(30-39)34-26-24-33(32-61)25-27-34/h2-31,52-53,56,64,68H,57-60H2,1H3,(H,62,63). The van der Waals surface area contributed by atoms with Gasteiger partial charge in [0.05, 0.1) is 11.6 Å². The van der Waals surface area contributed by atoms with Gasteiger partial charge in [0.1, 0.15) is 61.1 Å². The fourth-order valence-electron chi connectivity index (χ4n) is 9.51. The van der Waals surface area contributed by atoms with Gasteiger partial charge >= 0.3 is 0 Å². The SMILES string of the molecule is Bc1c(B)c(O)c(B)c(C2=NC(c3ccccc3-c3ccc(C4N=C(c5ccccc5)NC(c5cccc(-c6ccc(C#N)cc6)c5)N4)cc3-c3ccccc3)N(C)C(c3ccccc3)=N2)c1B. The minimum absolute atomic E-state index is 0.271. The highest BCUT2D eigenvalue weighted by molar-refractivity contribution is 6.62. The van der Waals surface area contributed by atoms with E-state index in [2.05, 4.69) is 166 Å². The molecule has 324 valence electrons. The van der Waals surface area contributed by atoms with Crippen LogP contribution in [0.5, 0.6) is 5.75 Å². The number of aliphatic imine (C=N–C) groups is 3. The molecule has 3 atom stereocenters. The molecule has 0 amide bonds. The molecule has 0 bridgehead atoms. The molecule has 12 heteroatoms. The first-order chi connectivity index (χ1) is 33.2. The van der Waals surface area contributed by atoms with E-state index < -0.39 is 12.3 Å². The molecule has 3 unspecified atom stereocenters. The predicted octanol–water partition coefficient (Wildman–Crippen LogP) is 4.47. The second-order valence-corrected chi connectivity index (χ2v) is 17.5. The quantitative estimate of drug-likeness (QED) is 0.186. The summed E-state index contributed by atoms with van der Waals surface area (Å²) in [6, 6.07) is 64.8. The third-order valence-corrected chi connectivity index (χ3v) is 13.4. The highest BCUT2D eigenvalue weighted by atomic mass is 16.3. The predicted molar refractivity (Wildman–Crippen MR) is 289 cm³/mol. The third kappa shape index (κ3) is 8.34. The van der Waals surface area contributed by atoms with Crippen LogP contribution in [0.2, 0.25) is 0 Å². The molecular formula is C56H47B4N7O. The highest BCUT2D eigenvalue weighted by Crippen LogP contribution is 2.41. The van der Waals surface area contributed by atoms with E-state index in [1.807, 2.05) is 76.4 Å². The topological polar surface area (TPSA) is 108 Å². The van der Waals surface area contributed by atoms with Crippen molar-refractivity contribution in [2.75, 3.05) is 7.05 Å². The Kier molecular flexibility index (Phi) is 12.0. The van der Waals surface area contributed by atoms with Gasteiger partial charge in [0.25, 0.3) is 0 Å². The maximum Gasteiger partial charge on any atom is 0.158 e. The van der Waals surface area contributed by atoms with Gasteiger partial charge in [-0.15, -0.1) is 0 Å². The zero-order valence-electron chi connectivity index (χ0n) is 38.7. The minimum atomic E-state index is -0.454. The number of aromatic hydroxyl groups is 1. The summed E-state index contributed by atoms with van der Waals surface area (Å²) >= 11 is 0. The Balaban J connectivity index is 1.09. The molecule has 0 fully saturated rings. The summed E-state index contributed by atoms with van der Waals surface area (Å²) in [6.45, 7) is 0. The molecule has 0 saturated heterocycles. The van der Waals surface area contributed by atoms with Gasteiger partial charge in [-0.2, -0.15) is 5.26 Å². The van der Waals surface area contributed by atoms with Crippen molar-refractivity contribution in [2.24, 2.45) is 15.0 Å². The lowest BCUT2D eigenvalue weighted by Gasteiger charge is -2.34. The number of nitriles is 1. The molecule has 0 saturated carbocycles. The molecule has 2 aliphatic rings. The Hall–Kier alpha value is -8.12. The van der Waals surface area contributed by atoms with Crippen molar-refractivity contribution in [3.63, 3.8) is 0 Å². The largest absolute Gasteiger partial charge is 0.509 e. The van der Waals surface area contributed by atoms with Gasteiger partial charge in [-0.05, 0) is 74.2 Å². The van der Waals surface area contributed by atoms with Crippen LogP contribution in [-0.4, -0.2) is 65.9 Å². The highest BCUT2D eigenvalue weighted by Gasteiger charge is 2.32. The van der Waals surface area contributed by atoms with Crippen LogP contribution in [0.3, 0.4) is 0 Å². The van der Waals surface area contributed by atoms with Gasteiger partial charge < -0.3 is 15.3 Å². The van der Waals surface area contributed by atoms with Gasteiger partial charge in [-0.1, -0.05) is 174 Å². The van der Waals surface area contributed by atoms with Crippen LogP contribution >= 0.6 is 0 Å². The molecular weight excluding hydrogens is 830 g/mol. The lowest BCUT2D eigenvalue weighted by molar-refractivity contribution is 0.383. The monoisotopic (exact) mass is 877 g/mol. The average molecular weight is 877 g/mol. The van der Waals surface area contributed by atoms with Crippen LogP contribution in [0.1, 0.15) is 57.4 Å². The van der Waals surface area contributed by atoms with Gasteiger partial charge in [0.2, 0.25) is 0 Å². The van der Waals surface area contributed by atoms with Crippen LogP contribution in [0.4, 0.5) is 0 Å². The first-order valence-electron chi connectivity index (χ1n) is 23.0. The number of amidine groups is 3. The Morgan fingerprint density at radius 3 is 1.91 bits per heavy atom. The van der Waals surface area contributed by atoms with Crippen LogP contribution in [0, 0.1) is 11.3 Å². The molecule has 8 aromatic rings. The third-order valence-electron chi connectivity index (χ3n) is 13.4. The van der Waals surface area contributed by atoms with Crippen LogP contribution < -0.4 is 32.5 Å². The number of phenols is 1. The molecule has 0 spiro atoms. The first kappa shape index (κ1) is 43.8. The molecule has 8 aromatic carbocycles. The van der Waals surface area contributed by atoms with Crippen molar-refractivity contribution >= 4 is 70.7 Å². The summed E-state index contributed by atoms with van der Waals surface area (Å²) in [5.41, 5.74) is 16.6. The van der Waals surface area contributed by atoms with E-state index in [1.54, 1.807) is 0 Å². The molecule has 2 heterocycles. The van der Waals surface area contributed by atoms with Crippen molar-refractivity contribution in [3.05, 3.63) is 221 Å². The van der Waals surface area contributed by atoms with Gasteiger partial charge in [0.15, 0.2) is 12.0 Å². The normalized spacial score (nSPS) is 16.7. The van der Waals surface area contributed by atoms with Crippen molar-refractivity contribution in [1.29, 1.82) is 5.26 Å². The second kappa shape index (κ2) is 18.6. The molecule has 8 nitrogen and oxygen atoms in total. The molecule has 68 heavy (non-hydrogen) atoms. The molecule has 0 radical (unpaired) electrons. The maximum atomic E-state index is 11.4. The Morgan fingerprint density at radius 2 is 1.21 bits per heavy atom. The van der Waals surface area contributed by atoms with Crippen LogP contribution in [-0.2, 0) is 0 Å². The number of hydrogen-bond donors (Lipinski definition) is 3. The van der Waals surface area contributed by atoms with E-state index >= 15 is 0 Å². The molecule has 0 aromatic heterocycles. The van der Waals surface area contributed by atoms with E-state index in [0.717, 1.165) is 100 Å². The molecule has 10 rings (SSSR count). The Bertz CT molecular complexity index is 3310. The summed E-state index contributed by atoms with van der Waals surface area (Å²) in [6.07, 6.45) is -1.12. The fourth-order valence-corrected chi connectivity index (χ4v) is 9.51. The molecule has 2 aliphatic heterocycles. The number of benzene rings is 8. The maximum absolute atomic E-state index is 11.4. The summed E-state index contributed by atoms with van der Waals surface area (Å²) in [5, 5.41) is 28.3. The van der Waals surface area contributed by atoms with Gasteiger partial charge in [0, 0.05) is 29.3 Å². The number of nitrogens with one attached hydrogen (secondary N) is 2. The van der Waals surface area contributed by atoms with Crippen molar-refractivity contribution in [2.45, 2.75) is 18.5 Å². The van der Waals surface area contributed by atoms with E-state index in [1.165, 1.54) is 0 Å². The van der Waals surface area contributed by atoms with Crippen molar-refractivity contribution in [3.8, 4) is 45.2 Å². The fraction of sp³-hybridized carbons (Fsp3) is 0.0714. The number of phenolic OH excluding ortho intramolecular Hbond substituents is 1. The summed E-state index contributed by atoms with van der Waals surface area (Å²) < 4.78 is 0. The van der Waals surface area contributed by atoms with E-state index in [9.17, 15) is 10.4 Å². The zero-order valence-corrected chi connectivity index (χ0v) is 38.7. The van der Waals surface area contributed by atoms with Crippen LogP contribution in [0.25, 0.3) is 33.4 Å². The summed E-state index contributed by atoms with van der Waals surface area (Å²) in [4.78, 5) is 18.3. The van der Waals surface area contributed by atoms with Crippen molar-refractivity contribution < 1.29 is 5.11 Å². The average Bonchev–Trinajstić information content (AvgIpc) is 3.40.